The molecule has 0 fully saturated rings. The summed E-state index contributed by atoms with van der Waals surface area (Å²) in [5, 5.41) is 8.05. The van der Waals surface area contributed by atoms with Crippen LogP contribution in [0.25, 0.3) is 0 Å². The predicted octanol–water partition coefficient (Wildman–Crippen LogP) is 2.84. The molecule has 0 bridgehead atoms. The molecule has 0 aliphatic carbocycles. The van der Waals surface area contributed by atoms with Gasteiger partial charge in [0.05, 0.1) is 19.9 Å². The first-order valence-electron chi connectivity index (χ1n) is 9.59. The quantitative estimate of drug-likeness (QED) is 0.471. The van der Waals surface area contributed by atoms with Crippen molar-refractivity contribution in [3.05, 3.63) is 70.2 Å². The third-order valence-corrected chi connectivity index (χ3v) is 5.27. The van der Waals surface area contributed by atoms with Gasteiger partial charge in [-0.1, -0.05) is 12.1 Å². The second-order valence-corrected chi connectivity index (χ2v) is 7.45. The fourth-order valence-electron chi connectivity index (χ4n) is 2.88. The van der Waals surface area contributed by atoms with Gasteiger partial charge in [0.2, 0.25) is 0 Å². The van der Waals surface area contributed by atoms with Crippen LogP contribution in [0.15, 0.2) is 47.8 Å². The highest BCUT2D eigenvalue weighted by Gasteiger charge is 2.12. The number of rotatable bonds is 9. The lowest BCUT2D eigenvalue weighted by atomic mass is 10.1. The van der Waals surface area contributed by atoms with Crippen LogP contribution in [-0.4, -0.2) is 37.6 Å². The van der Waals surface area contributed by atoms with Crippen LogP contribution in [0.5, 0.6) is 11.5 Å². The van der Waals surface area contributed by atoms with Gasteiger partial charge in [-0.05, 0) is 42.4 Å². The summed E-state index contributed by atoms with van der Waals surface area (Å²) in [4.78, 5) is 29.4. The third-order valence-electron chi connectivity index (χ3n) is 4.46. The summed E-state index contributed by atoms with van der Waals surface area (Å²) < 4.78 is 10.4. The molecule has 2 aromatic carbocycles. The Labute approximate surface area is 184 Å². The number of nitrogens with one attached hydrogen (secondary N) is 2. The van der Waals surface area contributed by atoms with Crippen LogP contribution in [0.1, 0.15) is 32.0 Å². The lowest BCUT2D eigenvalue weighted by molar-refractivity contribution is 0.0950. The molecular formula is C22H24N4O4S. The lowest BCUT2D eigenvalue weighted by Gasteiger charge is -2.10. The van der Waals surface area contributed by atoms with Gasteiger partial charge in [-0.2, -0.15) is 0 Å². The summed E-state index contributed by atoms with van der Waals surface area (Å²) in [5.41, 5.74) is 8.11. The van der Waals surface area contributed by atoms with Gasteiger partial charge in [0.15, 0.2) is 16.6 Å². The van der Waals surface area contributed by atoms with Gasteiger partial charge in [0.25, 0.3) is 11.8 Å². The van der Waals surface area contributed by atoms with Crippen LogP contribution in [0, 0.1) is 0 Å². The van der Waals surface area contributed by atoms with E-state index < -0.39 is 0 Å². The Morgan fingerprint density at radius 2 is 1.81 bits per heavy atom. The summed E-state index contributed by atoms with van der Waals surface area (Å²) in [7, 11) is 3.05. The fourth-order valence-corrected chi connectivity index (χ4v) is 3.62. The number of benzene rings is 2. The van der Waals surface area contributed by atoms with E-state index in [9.17, 15) is 9.59 Å². The number of nitrogens with two attached hydrogens (primary N) is 1. The standard InChI is InChI=1S/C22H24N4O4S/c1-29-18-7-6-16(11-19(18)30-2)20(27)24-12-14-4-3-5-15(10-14)21(28)26-22-25-17(8-9-23)13-31-22/h3-7,10-11,13H,8-9,12,23H2,1-2H3,(H,24,27)(H,25,26,28). The molecule has 3 rings (SSSR count). The summed E-state index contributed by atoms with van der Waals surface area (Å²) in [5.74, 6) is 0.506. The average molecular weight is 441 g/mol. The zero-order valence-electron chi connectivity index (χ0n) is 17.3. The monoisotopic (exact) mass is 440 g/mol. The van der Waals surface area contributed by atoms with Gasteiger partial charge in [0.1, 0.15) is 0 Å². The Balaban J connectivity index is 1.62. The van der Waals surface area contributed by atoms with E-state index in [0.717, 1.165) is 11.3 Å². The topological polar surface area (TPSA) is 116 Å². The van der Waals surface area contributed by atoms with Crippen molar-refractivity contribution in [1.82, 2.24) is 10.3 Å². The van der Waals surface area contributed by atoms with Gasteiger partial charge in [-0.25, -0.2) is 4.98 Å². The molecule has 0 atom stereocenters. The number of methoxy groups -OCH3 is 2. The summed E-state index contributed by atoms with van der Waals surface area (Å²) in [6, 6.07) is 12.0. The van der Waals surface area contributed by atoms with Crippen LogP contribution in [0.2, 0.25) is 0 Å². The van der Waals surface area contributed by atoms with Crippen molar-refractivity contribution in [3.63, 3.8) is 0 Å². The number of carbonyl (C=O) groups excluding carboxylic acids is 2. The fraction of sp³-hybridized carbons (Fsp3) is 0.227. The maximum Gasteiger partial charge on any atom is 0.257 e. The first-order valence-corrected chi connectivity index (χ1v) is 10.5. The molecule has 3 aromatic rings. The van der Waals surface area contributed by atoms with E-state index in [2.05, 4.69) is 15.6 Å². The molecule has 162 valence electrons. The van der Waals surface area contributed by atoms with E-state index in [1.54, 1.807) is 36.4 Å². The minimum atomic E-state index is -0.262. The van der Waals surface area contributed by atoms with E-state index in [1.807, 2.05) is 11.4 Å². The van der Waals surface area contributed by atoms with Crippen molar-refractivity contribution < 1.29 is 19.1 Å². The number of carbonyl (C=O) groups is 2. The number of amides is 2. The van der Waals surface area contributed by atoms with Crippen molar-refractivity contribution in [1.29, 1.82) is 0 Å². The Kier molecular flexibility index (Phi) is 7.58. The highest BCUT2D eigenvalue weighted by molar-refractivity contribution is 7.14. The Morgan fingerprint density at radius 1 is 1.03 bits per heavy atom. The lowest BCUT2D eigenvalue weighted by Crippen LogP contribution is -2.23. The number of nitrogens with zero attached hydrogens (tertiary/aromatic N) is 1. The highest BCUT2D eigenvalue weighted by atomic mass is 32.1. The van der Waals surface area contributed by atoms with Gasteiger partial charge < -0.3 is 20.5 Å². The Morgan fingerprint density at radius 3 is 2.55 bits per heavy atom. The van der Waals surface area contributed by atoms with Gasteiger partial charge in [-0.3, -0.25) is 14.9 Å². The van der Waals surface area contributed by atoms with Gasteiger partial charge >= 0.3 is 0 Å². The first kappa shape index (κ1) is 22.3. The van der Waals surface area contributed by atoms with Crippen molar-refractivity contribution in [2.24, 2.45) is 5.73 Å². The minimum Gasteiger partial charge on any atom is -0.493 e. The van der Waals surface area contributed by atoms with Crippen molar-refractivity contribution in [2.75, 3.05) is 26.1 Å². The predicted molar refractivity (Wildman–Crippen MR) is 120 cm³/mol. The number of hydrogen-bond acceptors (Lipinski definition) is 7. The summed E-state index contributed by atoms with van der Waals surface area (Å²) in [6.07, 6.45) is 0.668. The molecular weight excluding hydrogens is 416 g/mol. The number of hydrogen-bond donors (Lipinski definition) is 3. The zero-order chi connectivity index (χ0) is 22.2. The van der Waals surface area contributed by atoms with Crippen LogP contribution >= 0.6 is 11.3 Å². The molecule has 31 heavy (non-hydrogen) atoms. The van der Waals surface area contributed by atoms with Crippen LogP contribution < -0.4 is 25.8 Å². The normalized spacial score (nSPS) is 10.4. The SMILES string of the molecule is COc1ccc(C(=O)NCc2cccc(C(=O)Nc3nc(CCN)cs3)c2)cc1OC. The molecule has 0 saturated carbocycles. The molecule has 8 nitrogen and oxygen atoms in total. The maximum absolute atomic E-state index is 12.5. The van der Waals surface area contributed by atoms with E-state index in [0.29, 0.717) is 40.7 Å². The van der Waals surface area contributed by atoms with E-state index in [1.165, 1.54) is 25.6 Å². The van der Waals surface area contributed by atoms with Crippen molar-refractivity contribution in [2.45, 2.75) is 13.0 Å². The smallest absolute Gasteiger partial charge is 0.257 e. The first-order chi connectivity index (χ1) is 15.0. The van der Waals surface area contributed by atoms with E-state index >= 15 is 0 Å². The highest BCUT2D eigenvalue weighted by Crippen LogP contribution is 2.27. The summed E-state index contributed by atoms with van der Waals surface area (Å²) >= 11 is 1.36. The maximum atomic E-state index is 12.5. The molecule has 2 amide bonds. The van der Waals surface area contributed by atoms with Crippen molar-refractivity contribution in [3.8, 4) is 11.5 Å². The molecule has 9 heteroatoms. The number of ether oxygens (including phenoxy) is 2. The van der Waals surface area contributed by atoms with Gasteiger partial charge in [0, 0.05) is 29.5 Å². The van der Waals surface area contributed by atoms with E-state index in [-0.39, 0.29) is 18.4 Å². The largest absolute Gasteiger partial charge is 0.493 e. The van der Waals surface area contributed by atoms with Crippen molar-refractivity contribution >= 4 is 28.3 Å². The molecule has 0 spiro atoms. The van der Waals surface area contributed by atoms with E-state index in [4.69, 9.17) is 15.2 Å². The average Bonchev–Trinajstić information content (AvgIpc) is 3.24. The molecule has 0 radical (unpaired) electrons. The molecule has 4 N–H and O–H groups in total. The Hall–Kier alpha value is -3.43. The molecule has 0 aliphatic heterocycles. The van der Waals surface area contributed by atoms with Gasteiger partial charge in [-0.15, -0.1) is 11.3 Å². The second-order valence-electron chi connectivity index (χ2n) is 6.59. The second kappa shape index (κ2) is 10.6. The summed E-state index contributed by atoms with van der Waals surface area (Å²) in [6.45, 7) is 0.778. The molecule has 0 aliphatic rings. The molecule has 0 unspecified atom stereocenters. The zero-order valence-corrected chi connectivity index (χ0v) is 18.1. The van der Waals surface area contributed by atoms with Crippen LogP contribution in [0.4, 0.5) is 5.13 Å². The number of thiazole rings is 1. The number of anilines is 1. The number of aromatic nitrogens is 1. The molecule has 0 saturated heterocycles. The molecule has 1 aromatic heterocycles. The minimum absolute atomic E-state index is 0.258. The third kappa shape index (κ3) is 5.80. The Bertz CT molecular complexity index is 1070. The van der Waals surface area contributed by atoms with Crippen LogP contribution in [0.3, 0.4) is 0 Å². The van der Waals surface area contributed by atoms with Crippen LogP contribution in [-0.2, 0) is 13.0 Å². The molecule has 1 heterocycles.